The van der Waals surface area contributed by atoms with Crippen molar-refractivity contribution in [1.29, 1.82) is 0 Å². The highest BCUT2D eigenvalue weighted by molar-refractivity contribution is 5.83. The molecule has 0 aliphatic carbocycles. The lowest BCUT2D eigenvalue weighted by Gasteiger charge is -2.33. The molecule has 3 aromatic heterocycles. The van der Waals surface area contributed by atoms with Crippen LogP contribution in [0, 0.1) is 5.82 Å². The third-order valence-corrected chi connectivity index (χ3v) is 6.16. The first-order valence-corrected chi connectivity index (χ1v) is 11.3. The number of alkyl halides is 3. The number of morpholine rings is 1. The van der Waals surface area contributed by atoms with Gasteiger partial charge in [0, 0.05) is 38.3 Å². The van der Waals surface area contributed by atoms with Crippen LogP contribution < -0.4 is 4.90 Å². The summed E-state index contributed by atoms with van der Waals surface area (Å²) in [6.07, 6.45) is 1.30. The van der Waals surface area contributed by atoms with Gasteiger partial charge in [-0.3, -0.25) is 9.88 Å². The minimum Gasteiger partial charge on any atom is -0.378 e. The molecule has 2 fully saturated rings. The summed E-state index contributed by atoms with van der Waals surface area (Å²) in [4.78, 5) is 21.7. The maximum atomic E-state index is 13.6. The summed E-state index contributed by atoms with van der Waals surface area (Å²) in [5.41, 5.74) is 1.33. The second-order valence-corrected chi connectivity index (χ2v) is 8.75. The SMILES string of the molecule is Fc1cncc(CN2CCCC(c3nc(N4CCOCC4)c4ncn(CC(F)(F)F)c4n3)C2)c1. The van der Waals surface area contributed by atoms with Crippen LogP contribution in [0.1, 0.15) is 30.1 Å². The van der Waals surface area contributed by atoms with Crippen molar-refractivity contribution in [3.8, 4) is 0 Å². The van der Waals surface area contributed by atoms with Crippen molar-refractivity contribution in [3.05, 3.63) is 42.0 Å². The van der Waals surface area contributed by atoms with Gasteiger partial charge in [-0.1, -0.05) is 0 Å². The van der Waals surface area contributed by atoms with Gasteiger partial charge in [0.05, 0.1) is 25.7 Å². The van der Waals surface area contributed by atoms with E-state index in [0.717, 1.165) is 29.5 Å². The lowest BCUT2D eigenvalue weighted by molar-refractivity contribution is -0.140. The van der Waals surface area contributed by atoms with E-state index in [0.29, 0.717) is 56.6 Å². The van der Waals surface area contributed by atoms with Crippen molar-refractivity contribution in [2.75, 3.05) is 44.3 Å². The molecule has 2 saturated heterocycles. The Bertz CT molecular complexity index is 1150. The van der Waals surface area contributed by atoms with E-state index < -0.39 is 12.7 Å². The Morgan fingerprint density at radius 1 is 1.09 bits per heavy atom. The Kier molecular flexibility index (Phi) is 6.34. The molecule has 1 atom stereocenters. The summed E-state index contributed by atoms with van der Waals surface area (Å²) in [5.74, 6) is 0.622. The third-order valence-electron chi connectivity index (χ3n) is 6.16. The summed E-state index contributed by atoms with van der Waals surface area (Å²) in [7, 11) is 0. The van der Waals surface area contributed by atoms with E-state index in [2.05, 4.69) is 19.9 Å². The largest absolute Gasteiger partial charge is 0.406 e. The van der Waals surface area contributed by atoms with Gasteiger partial charge in [-0.25, -0.2) is 19.3 Å². The smallest absolute Gasteiger partial charge is 0.378 e. The Hall–Kier alpha value is -2.86. The van der Waals surface area contributed by atoms with Crippen LogP contribution in [0.5, 0.6) is 0 Å². The maximum Gasteiger partial charge on any atom is 0.406 e. The number of aromatic nitrogens is 5. The van der Waals surface area contributed by atoms with E-state index in [1.54, 1.807) is 6.20 Å². The van der Waals surface area contributed by atoms with E-state index in [1.165, 1.54) is 18.6 Å². The number of nitrogens with zero attached hydrogens (tertiary/aromatic N) is 7. The van der Waals surface area contributed by atoms with E-state index in [1.807, 2.05) is 4.90 Å². The average Bonchev–Trinajstić information content (AvgIpc) is 3.20. The van der Waals surface area contributed by atoms with Gasteiger partial charge in [-0.05, 0) is 31.0 Å². The van der Waals surface area contributed by atoms with Crippen LogP contribution >= 0.6 is 0 Å². The zero-order valence-electron chi connectivity index (χ0n) is 18.5. The Morgan fingerprint density at radius 2 is 1.91 bits per heavy atom. The second-order valence-electron chi connectivity index (χ2n) is 8.75. The number of hydrogen-bond donors (Lipinski definition) is 0. The molecule has 2 aliphatic rings. The molecule has 0 aromatic carbocycles. The van der Waals surface area contributed by atoms with E-state index in [-0.39, 0.29) is 17.4 Å². The predicted octanol–water partition coefficient (Wildman–Crippen LogP) is 3.14. The number of anilines is 1. The van der Waals surface area contributed by atoms with Gasteiger partial charge in [0.15, 0.2) is 17.0 Å². The highest BCUT2D eigenvalue weighted by Gasteiger charge is 2.31. The fourth-order valence-corrected chi connectivity index (χ4v) is 4.64. The molecule has 1 unspecified atom stereocenters. The zero-order chi connectivity index (χ0) is 23.7. The average molecular weight is 479 g/mol. The normalized spacial score (nSPS) is 20.2. The second kappa shape index (κ2) is 9.41. The highest BCUT2D eigenvalue weighted by atomic mass is 19.4. The molecule has 0 bridgehead atoms. The molecule has 5 rings (SSSR count). The van der Waals surface area contributed by atoms with Crippen LogP contribution in [0.4, 0.5) is 23.4 Å². The number of pyridine rings is 1. The minimum atomic E-state index is -4.39. The lowest BCUT2D eigenvalue weighted by atomic mass is 9.96. The van der Waals surface area contributed by atoms with Crippen LogP contribution in [0.3, 0.4) is 0 Å². The van der Waals surface area contributed by atoms with Gasteiger partial charge in [-0.2, -0.15) is 13.2 Å². The molecular weight excluding hydrogens is 454 g/mol. The first-order chi connectivity index (χ1) is 16.4. The van der Waals surface area contributed by atoms with Crippen molar-refractivity contribution in [3.63, 3.8) is 0 Å². The Morgan fingerprint density at radius 3 is 2.68 bits per heavy atom. The van der Waals surface area contributed by atoms with Gasteiger partial charge in [-0.15, -0.1) is 0 Å². The van der Waals surface area contributed by atoms with Crippen LogP contribution in [-0.4, -0.2) is 75.0 Å². The summed E-state index contributed by atoms with van der Waals surface area (Å²) in [5, 5.41) is 0. The highest BCUT2D eigenvalue weighted by Crippen LogP contribution is 2.31. The number of rotatable bonds is 5. The third kappa shape index (κ3) is 5.12. The molecule has 0 amide bonds. The van der Waals surface area contributed by atoms with E-state index >= 15 is 0 Å². The van der Waals surface area contributed by atoms with Crippen molar-refractivity contribution >= 4 is 17.0 Å². The monoisotopic (exact) mass is 479 g/mol. The number of imidazole rings is 1. The molecule has 34 heavy (non-hydrogen) atoms. The Labute approximate surface area is 193 Å². The van der Waals surface area contributed by atoms with Crippen molar-refractivity contribution in [2.45, 2.75) is 38.0 Å². The lowest BCUT2D eigenvalue weighted by Crippen LogP contribution is -2.38. The number of likely N-dealkylation sites (tertiary alicyclic amines) is 1. The number of halogens is 4. The molecule has 0 spiro atoms. The van der Waals surface area contributed by atoms with Crippen molar-refractivity contribution in [2.24, 2.45) is 0 Å². The molecule has 182 valence electrons. The van der Waals surface area contributed by atoms with Gasteiger partial charge in [0.2, 0.25) is 0 Å². The predicted molar refractivity (Wildman–Crippen MR) is 116 cm³/mol. The minimum absolute atomic E-state index is 0.0614. The molecule has 0 N–H and O–H groups in total. The first-order valence-electron chi connectivity index (χ1n) is 11.3. The van der Waals surface area contributed by atoms with E-state index in [4.69, 9.17) is 9.72 Å². The molecule has 0 saturated carbocycles. The summed E-state index contributed by atoms with van der Waals surface area (Å²) < 4.78 is 59.6. The molecular formula is C22H25F4N7O. The van der Waals surface area contributed by atoms with Gasteiger partial charge < -0.3 is 14.2 Å². The number of ether oxygens (including phenoxy) is 1. The van der Waals surface area contributed by atoms with Crippen LogP contribution in [0.2, 0.25) is 0 Å². The maximum absolute atomic E-state index is 13.6. The first kappa shape index (κ1) is 22.9. The molecule has 8 nitrogen and oxygen atoms in total. The standard InChI is InChI=1S/C22H25F4N7O/c23-17-8-15(9-27-10-17)11-31-3-1-2-16(12-31)19-29-20(32-4-6-34-7-5-32)18-21(30-19)33(14-28-18)13-22(24,25)26/h8-10,14,16H,1-7,11-13H2. The fourth-order valence-electron chi connectivity index (χ4n) is 4.64. The van der Waals surface area contributed by atoms with Gasteiger partial charge in [0.1, 0.15) is 18.2 Å². The van der Waals surface area contributed by atoms with Crippen LogP contribution in [0.15, 0.2) is 24.8 Å². The van der Waals surface area contributed by atoms with Crippen LogP contribution in [0.25, 0.3) is 11.2 Å². The molecule has 12 heteroatoms. The quantitative estimate of drug-likeness (QED) is 0.521. The molecule has 2 aliphatic heterocycles. The molecule has 5 heterocycles. The molecule has 3 aromatic rings. The summed E-state index contributed by atoms with van der Waals surface area (Å²) in [6, 6.07) is 1.46. The van der Waals surface area contributed by atoms with Crippen LogP contribution in [-0.2, 0) is 17.8 Å². The zero-order valence-corrected chi connectivity index (χ0v) is 18.5. The summed E-state index contributed by atoms with van der Waals surface area (Å²) in [6.45, 7) is 3.03. The number of fused-ring (bicyclic) bond motifs is 1. The van der Waals surface area contributed by atoms with Gasteiger partial charge in [0.25, 0.3) is 0 Å². The topological polar surface area (TPSA) is 72.2 Å². The fraction of sp³-hybridized carbons (Fsp3) is 0.545. The van der Waals surface area contributed by atoms with Crippen molar-refractivity contribution < 1.29 is 22.3 Å². The number of hydrogen-bond acceptors (Lipinski definition) is 7. The molecule has 0 radical (unpaired) electrons. The summed E-state index contributed by atoms with van der Waals surface area (Å²) >= 11 is 0. The Balaban J connectivity index is 1.47. The number of piperidine rings is 1. The van der Waals surface area contributed by atoms with Crippen molar-refractivity contribution in [1.82, 2.24) is 29.4 Å². The van der Waals surface area contributed by atoms with Gasteiger partial charge >= 0.3 is 6.18 Å². The van der Waals surface area contributed by atoms with E-state index in [9.17, 15) is 17.6 Å².